The molecule has 0 aliphatic heterocycles. The summed E-state index contributed by atoms with van der Waals surface area (Å²) in [5.41, 5.74) is 0.512. The molecule has 29 heavy (non-hydrogen) atoms. The van der Waals surface area contributed by atoms with Crippen molar-refractivity contribution in [3.05, 3.63) is 29.3 Å². The van der Waals surface area contributed by atoms with Crippen molar-refractivity contribution in [1.29, 1.82) is 0 Å². The number of nitrogens with zero attached hydrogens (tertiary/aromatic N) is 2. The average molecular weight is 427 g/mol. The third kappa shape index (κ3) is 7.12. The molecule has 0 spiro atoms. The lowest BCUT2D eigenvalue weighted by molar-refractivity contribution is -0.154. The maximum Gasteiger partial charge on any atom is 0.306 e. The minimum absolute atomic E-state index is 0.109. The predicted molar refractivity (Wildman–Crippen MR) is 113 cm³/mol. The number of rotatable bonds is 9. The zero-order valence-electron chi connectivity index (χ0n) is 18.6. The zero-order valence-corrected chi connectivity index (χ0v) is 19.4. The van der Waals surface area contributed by atoms with Crippen LogP contribution in [0, 0.1) is 6.92 Å². The standard InChI is InChI=1S/C21H34N2O5S/c1-8-23(9-2)29(26,27)17-13-12-16(3)18(15-17)20(25)22(7)14-10-11-19(24)28-21(4,5)6/h12-13,15H,8-11,14H2,1-7H3. The van der Waals surface area contributed by atoms with Crippen molar-refractivity contribution in [3.8, 4) is 0 Å². The summed E-state index contributed by atoms with van der Waals surface area (Å²) in [4.78, 5) is 26.3. The Morgan fingerprint density at radius 2 is 1.69 bits per heavy atom. The second-order valence-corrected chi connectivity index (χ2v) is 9.92. The SMILES string of the molecule is CCN(CC)S(=O)(=O)c1ccc(C)c(C(=O)N(C)CCCC(=O)OC(C)(C)C)c1. The maximum absolute atomic E-state index is 12.9. The first-order chi connectivity index (χ1) is 13.3. The molecule has 0 atom stereocenters. The Kier molecular flexibility index (Phi) is 8.84. The number of aryl methyl sites for hydroxylation is 1. The molecular weight excluding hydrogens is 392 g/mol. The molecule has 0 aliphatic carbocycles. The molecule has 1 aromatic rings. The Morgan fingerprint density at radius 3 is 2.21 bits per heavy atom. The van der Waals surface area contributed by atoms with Crippen LogP contribution in [-0.4, -0.2) is 61.8 Å². The van der Waals surface area contributed by atoms with Gasteiger partial charge < -0.3 is 9.64 Å². The molecule has 0 aliphatic rings. The van der Waals surface area contributed by atoms with Crippen LogP contribution >= 0.6 is 0 Å². The molecule has 0 saturated carbocycles. The molecule has 1 aromatic carbocycles. The highest BCUT2D eigenvalue weighted by molar-refractivity contribution is 7.89. The van der Waals surface area contributed by atoms with Gasteiger partial charge in [0.25, 0.3) is 5.91 Å². The van der Waals surface area contributed by atoms with E-state index in [-0.39, 0.29) is 23.2 Å². The second kappa shape index (κ2) is 10.2. The van der Waals surface area contributed by atoms with E-state index in [9.17, 15) is 18.0 Å². The van der Waals surface area contributed by atoms with E-state index in [0.29, 0.717) is 37.2 Å². The fraction of sp³-hybridized carbons (Fsp3) is 0.619. The molecule has 0 fully saturated rings. The number of sulfonamides is 1. The van der Waals surface area contributed by atoms with Gasteiger partial charge in [0.15, 0.2) is 0 Å². The number of hydrogen-bond donors (Lipinski definition) is 0. The van der Waals surface area contributed by atoms with Crippen molar-refractivity contribution in [2.24, 2.45) is 0 Å². The first kappa shape index (κ1) is 25.1. The number of carbonyl (C=O) groups excluding carboxylic acids is 2. The van der Waals surface area contributed by atoms with E-state index in [1.54, 1.807) is 33.9 Å². The van der Waals surface area contributed by atoms with Gasteiger partial charge in [-0.1, -0.05) is 19.9 Å². The van der Waals surface area contributed by atoms with Crippen LogP contribution in [0.2, 0.25) is 0 Å². The molecule has 0 radical (unpaired) electrons. The monoisotopic (exact) mass is 426 g/mol. The lowest BCUT2D eigenvalue weighted by atomic mass is 10.1. The minimum atomic E-state index is -3.64. The first-order valence-corrected chi connectivity index (χ1v) is 11.4. The largest absolute Gasteiger partial charge is 0.460 e. The van der Waals surface area contributed by atoms with Crippen LogP contribution < -0.4 is 0 Å². The average Bonchev–Trinajstić information content (AvgIpc) is 2.60. The minimum Gasteiger partial charge on any atom is -0.460 e. The van der Waals surface area contributed by atoms with Crippen molar-refractivity contribution >= 4 is 21.9 Å². The number of amides is 1. The Morgan fingerprint density at radius 1 is 1.10 bits per heavy atom. The van der Waals surface area contributed by atoms with Gasteiger partial charge in [-0.25, -0.2) is 8.42 Å². The van der Waals surface area contributed by atoms with E-state index < -0.39 is 15.6 Å². The predicted octanol–water partition coefficient (Wildman–Crippen LogP) is 3.22. The van der Waals surface area contributed by atoms with Crippen molar-refractivity contribution in [1.82, 2.24) is 9.21 Å². The number of ether oxygens (including phenoxy) is 1. The fourth-order valence-corrected chi connectivity index (χ4v) is 4.35. The summed E-state index contributed by atoms with van der Waals surface area (Å²) in [5, 5.41) is 0. The van der Waals surface area contributed by atoms with Crippen LogP contribution in [0.5, 0.6) is 0 Å². The Balaban J connectivity index is 2.90. The quantitative estimate of drug-likeness (QED) is 0.566. The molecule has 0 unspecified atom stereocenters. The molecule has 0 saturated heterocycles. The molecule has 164 valence electrons. The number of carbonyl (C=O) groups is 2. The van der Waals surface area contributed by atoms with Gasteiger partial charge in [0.05, 0.1) is 4.90 Å². The van der Waals surface area contributed by atoms with E-state index in [2.05, 4.69) is 0 Å². The molecule has 0 heterocycles. The van der Waals surface area contributed by atoms with Crippen LogP contribution in [0.15, 0.2) is 23.1 Å². The highest BCUT2D eigenvalue weighted by Gasteiger charge is 2.24. The third-order valence-corrected chi connectivity index (χ3v) is 6.47. The second-order valence-electron chi connectivity index (χ2n) is 7.98. The highest BCUT2D eigenvalue weighted by atomic mass is 32.2. The van der Waals surface area contributed by atoms with Crippen molar-refractivity contribution in [2.75, 3.05) is 26.7 Å². The summed E-state index contributed by atoms with van der Waals surface area (Å²) in [5.74, 6) is -0.579. The summed E-state index contributed by atoms with van der Waals surface area (Å²) in [6.45, 7) is 11.8. The molecule has 0 aromatic heterocycles. The summed E-state index contributed by atoms with van der Waals surface area (Å²) in [6.07, 6.45) is 0.678. The zero-order chi connectivity index (χ0) is 22.4. The van der Waals surface area contributed by atoms with Crippen LogP contribution in [0.25, 0.3) is 0 Å². The van der Waals surface area contributed by atoms with Gasteiger partial charge >= 0.3 is 5.97 Å². The van der Waals surface area contributed by atoms with Crippen LogP contribution in [0.3, 0.4) is 0 Å². The summed E-state index contributed by atoms with van der Waals surface area (Å²) in [6, 6.07) is 4.62. The Hall–Kier alpha value is -1.93. The number of esters is 1. The lowest BCUT2D eigenvalue weighted by Crippen LogP contribution is -2.32. The lowest BCUT2D eigenvalue weighted by Gasteiger charge is -2.22. The molecule has 1 rings (SSSR count). The fourth-order valence-electron chi connectivity index (χ4n) is 2.86. The Labute approximate surface area is 175 Å². The smallest absolute Gasteiger partial charge is 0.306 e. The molecule has 7 nitrogen and oxygen atoms in total. The third-order valence-electron chi connectivity index (χ3n) is 4.42. The van der Waals surface area contributed by atoms with Crippen molar-refractivity contribution in [3.63, 3.8) is 0 Å². The molecular formula is C21H34N2O5S. The highest BCUT2D eigenvalue weighted by Crippen LogP contribution is 2.21. The van der Waals surface area contributed by atoms with Crippen molar-refractivity contribution < 1.29 is 22.7 Å². The van der Waals surface area contributed by atoms with E-state index in [0.717, 1.165) is 0 Å². The van der Waals surface area contributed by atoms with Gasteiger partial charge in [-0.15, -0.1) is 0 Å². The molecule has 0 bridgehead atoms. The van der Waals surface area contributed by atoms with Crippen LogP contribution in [-0.2, 0) is 19.6 Å². The topological polar surface area (TPSA) is 84.0 Å². The van der Waals surface area contributed by atoms with Crippen molar-refractivity contribution in [2.45, 2.75) is 64.9 Å². The molecule has 1 amide bonds. The van der Waals surface area contributed by atoms with Gasteiger partial charge in [-0.05, 0) is 51.8 Å². The maximum atomic E-state index is 12.9. The van der Waals surface area contributed by atoms with Gasteiger partial charge in [0.1, 0.15) is 5.60 Å². The number of hydrogen-bond acceptors (Lipinski definition) is 5. The van der Waals surface area contributed by atoms with Gasteiger partial charge in [-0.2, -0.15) is 4.31 Å². The Bertz CT molecular complexity index is 824. The van der Waals surface area contributed by atoms with Crippen LogP contribution in [0.4, 0.5) is 0 Å². The van der Waals surface area contributed by atoms with E-state index in [1.165, 1.54) is 21.3 Å². The van der Waals surface area contributed by atoms with E-state index in [4.69, 9.17) is 4.74 Å². The first-order valence-electron chi connectivity index (χ1n) is 9.91. The molecule has 0 N–H and O–H groups in total. The van der Waals surface area contributed by atoms with Gasteiger partial charge in [0, 0.05) is 38.7 Å². The summed E-state index contributed by atoms with van der Waals surface area (Å²) < 4.78 is 32.1. The number of benzene rings is 1. The summed E-state index contributed by atoms with van der Waals surface area (Å²) in [7, 11) is -2.00. The van der Waals surface area contributed by atoms with Crippen LogP contribution in [0.1, 0.15) is 63.4 Å². The molecule has 8 heteroatoms. The van der Waals surface area contributed by atoms with E-state index in [1.807, 2.05) is 20.8 Å². The van der Waals surface area contributed by atoms with Gasteiger partial charge in [-0.3, -0.25) is 9.59 Å². The van der Waals surface area contributed by atoms with E-state index >= 15 is 0 Å². The van der Waals surface area contributed by atoms with Gasteiger partial charge in [0.2, 0.25) is 10.0 Å². The summed E-state index contributed by atoms with van der Waals surface area (Å²) >= 11 is 0. The normalized spacial score (nSPS) is 12.1.